The molecule has 0 aliphatic rings. The maximum absolute atomic E-state index is 11.2. The van der Waals surface area contributed by atoms with Gasteiger partial charge in [0.15, 0.2) is 6.61 Å². The molecule has 17 heavy (non-hydrogen) atoms. The molecule has 6 heteroatoms. The molecule has 0 unspecified atom stereocenters. The van der Waals surface area contributed by atoms with Gasteiger partial charge in [0.05, 0.1) is 0 Å². The molecular formula is C11H10N2O4. The Hall–Kier alpha value is -2.52. The second-order valence-corrected chi connectivity index (χ2v) is 2.96. The first kappa shape index (κ1) is 12.5. The minimum atomic E-state index is -1.18. The van der Waals surface area contributed by atoms with E-state index in [1.165, 1.54) is 0 Å². The van der Waals surface area contributed by atoms with Gasteiger partial charge in [0.2, 0.25) is 0 Å². The van der Waals surface area contributed by atoms with Crippen LogP contribution in [0.3, 0.4) is 0 Å². The summed E-state index contributed by atoms with van der Waals surface area (Å²) in [5.74, 6) is 1.24. The summed E-state index contributed by atoms with van der Waals surface area (Å²) in [6.45, 7) is -0.613. The van der Waals surface area contributed by atoms with Crippen molar-refractivity contribution in [3.8, 4) is 12.3 Å². The Morgan fingerprint density at radius 3 is 2.88 bits per heavy atom. The van der Waals surface area contributed by atoms with Crippen molar-refractivity contribution in [2.75, 3.05) is 11.9 Å². The molecule has 0 saturated carbocycles. The molecule has 0 aliphatic heterocycles. The number of hydrogen-bond donors (Lipinski definition) is 3. The van der Waals surface area contributed by atoms with Crippen molar-refractivity contribution in [2.45, 2.75) is 0 Å². The van der Waals surface area contributed by atoms with E-state index in [0.29, 0.717) is 11.3 Å². The third-order valence-electron chi connectivity index (χ3n) is 1.65. The summed E-state index contributed by atoms with van der Waals surface area (Å²) in [5.41, 5.74) is 3.02. The molecule has 0 bridgehead atoms. The van der Waals surface area contributed by atoms with Crippen LogP contribution in [0.15, 0.2) is 24.3 Å². The largest absolute Gasteiger partial charge is 0.479 e. The molecule has 0 fully saturated rings. The van der Waals surface area contributed by atoms with Crippen molar-refractivity contribution < 1.29 is 19.5 Å². The number of anilines is 1. The number of aliphatic carboxylic acids is 1. The standard InChI is InChI=1S/C11H10N2O4/c1-2-8-4-3-5-9(6-8)12-11(16)13-17-7-10(14)15/h1,3-6H,7H2,(H,14,15)(H2,12,13,16). The number of benzene rings is 1. The maximum atomic E-state index is 11.2. The molecule has 0 spiro atoms. The Kier molecular flexibility index (Phi) is 4.54. The second kappa shape index (κ2) is 6.15. The molecule has 1 rings (SSSR count). The summed E-state index contributed by atoms with van der Waals surface area (Å²) < 4.78 is 0. The zero-order valence-electron chi connectivity index (χ0n) is 8.77. The summed E-state index contributed by atoms with van der Waals surface area (Å²) in [4.78, 5) is 25.7. The monoisotopic (exact) mass is 234 g/mol. The topological polar surface area (TPSA) is 87.7 Å². The number of amides is 2. The van der Waals surface area contributed by atoms with Crippen molar-refractivity contribution in [1.82, 2.24) is 5.48 Å². The van der Waals surface area contributed by atoms with Gasteiger partial charge in [-0.2, -0.15) is 0 Å². The minimum absolute atomic E-state index is 0.483. The van der Waals surface area contributed by atoms with E-state index in [2.05, 4.69) is 16.1 Å². The van der Waals surface area contributed by atoms with E-state index in [1.54, 1.807) is 24.3 Å². The van der Waals surface area contributed by atoms with Crippen LogP contribution >= 0.6 is 0 Å². The predicted molar refractivity (Wildman–Crippen MR) is 60.1 cm³/mol. The highest BCUT2D eigenvalue weighted by molar-refractivity contribution is 5.88. The maximum Gasteiger partial charge on any atom is 0.343 e. The van der Waals surface area contributed by atoms with Gasteiger partial charge >= 0.3 is 12.0 Å². The number of hydroxylamine groups is 1. The van der Waals surface area contributed by atoms with Crippen molar-refractivity contribution in [3.63, 3.8) is 0 Å². The Morgan fingerprint density at radius 1 is 1.47 bits per heavy atom. The van der Waals surface area contributed by atoms with Crippen LogP contribution in [-0.2, 0) is 9.63 Å². The first-order chi connectivity index (χ1) is 8.11. The van der Waals surface area contributed by atoms with Crippen molar-refractivity contribution in [2.24, 2.45) is 0 Å². The average molecular weight is 234 g/mol. The molecule has 88 valence electrons. The van der Waals surface area contributed by atoms with Crippen LogP contribution in [0.2, 0.25) is 0 Å². The van der Waals surface area contributed by atoms with E-state index in [-0.39, 0.29) is 0 Å². The number of carboxylic acids is 1. The quantitative estimate of drug-likeness (QED) is 0.531. The number of carboxylic acid groups (broad SMARTS) is 1. The highest BCUT2D eigenvalue weighted by atomic mass is 16.7. The van der Waals surface area contributed by atoms with E-state index in [1.807, 2.05) is 5.48 Å². The van der Waals surface area contributed by atoms with Crippen LogP contribution in [0.25, 0.3) is 0 Å². The Morgan fingerprint density at radius 2 is 2.24 bits per heavy atom. The van der Waals surface area contributed by atoms with Gasteiger partial charge in [0.25, 0.3) is 0 Å². The minimum Gasteiger partial charge on any atom is -0.479 e. The molecule has 0 atom stereocenters. The van der Waals surface area contributed by atoms with Crippen LogP contribution in [0.1, 0.15) is 5.56 Å². The fourth-order valence-corrected chi connectivity index (χ4v) is 1.01. The molecule has 0 saturated heterocycles. The van der Waals surface area contributed by atoms with Crippen LogP contribution in [0, 0.1) is 12.3 Å². The van der Waals surface area contributed by atoms with Gasteiger partial charge in [-0.1, -0.05) is 12.0 Å². The number of carbonyl (C=O) groups excluding carboxylic acids is 1. The lowest BCUT2D eigenvalue weighted by atomic mass is 10.2. The third-order valence-corrected chi connectivity index (χ3v) is 1.65. The Balaban J connectivity index is 2.45. The van der Waals surface area contributed by atoms with Gasteiger partial charge in [-0.05, 0) is 18.2 Å². The van der Waals surface area contributed by atoms with E-state index in [9.17, 15) is 9.59 Å². The molecule has 6 nitrogen and oxygen atoms in total. The van der Waals surface area contributed by atoms with Crippen LogP contribution in [0.5, 0.6) is 0 Å². The number of nitrogens with one attached hydrogen (secondary N) is 2. The van der Waals surface area contributed by atoms with Crippen LogP contribution in [0.4, 0.5) is 10.5 Å². The highest BCUT2D eigenvalue weighted by Gasteiger charge is 2.03. The molecule has 0 aromatic heterocycles. The van der Waals surface area contributed by atoms with E-state index < -0.39 is 18.6 Å². The molecule has 0 aliphatic carbocycles. The van der Waals surface area contributed by atoms with Crippen molar-refractivity contribution in [3.05, 3.63) is 29.8 Å². The van der Waals surface area contributed by atoms with Gasteiger partial charge in [-0.25, -0.2) is 15.1 Å². The SMILES string of the molecule is C#Cc1cccc(NC(=O)NOCC(=O)O)c1. The predicted octanol–water partition coefficient (Wildman–Crippen LogP) is 0.806. The molecule has 1 aromatic carbocycles. The Labute approximate surface area is 97.5 Å². The van der Waals surface area contributed by atoms with Crippen molar-refractivity contribution in [1.29, 1.82) is 0 Å². The van der Waals surface area contributed by atoms with E-state index in [0.717, 1.165) is 0 Å². The molecular weight excluding hydrogens is 224 g/mol. The van der Waals surface area contributed by atoms with Crippen LogP contribution in [-0.4, -0.2) is 23.7 Å². The summed E-state index contributed by atoms with van der Waals surface area (Å²) in [5, 5.41) is 10.7. The molecule has 0 radical (unpaired) electrons. The lowest BCUT2D eigenvalue weighted by Gasteiger charge is -2.06. The van der Waals surface area contributed by atoms with Crippen LogP contribution < -0.4 is 10.8 Å². The lowest BCUT2D eigenvalue weighted by molar-refractivity contribution is -0.143. The zero-order valence-corrected chi connectivity index (χ0v) is 8.77. The second-order valence-electron chi connectivity index (χ2n) is 2.96. The molecule has 2 amide bonds. The normalized spacial score (nSPS) is 9.12. The summed E-state index contributed by atoms with van der Waals surface area (Å²) in [7, 11) is 0. The first-order valence-electron chi connectivity index (χ1n) is 4.59. The number of rotatable bonds is 4. The first-order valence-corrected chi connectivity index (χ1v) is 4.59. The summed E-state index contributed by atoms with van der Waals surface area (Å²) in [6.07, 6.45) is 5.19. The Bertz CT molecular complexity index is 465. The average Bonchev–Trinajstić information content (AvgIpc) is 2.28. The fourth-order valence-electron chi connectivity index (χ4n) is 1.01. The van der Waals surface area contributed by atoms with Crippen molar-refractivity contribution >= 4 is 17.7 Å². The molecule has 3 N–H and O–H groups in total. The molecule has 0 heterocycles. The summed E-state index contributed by atoms with van der Waals surface area (Å²) >= 11 is 0. The smallest absolute Gasteiger partial charge is 0.343 e. The van der Waals surface area contributed by atoms with E-state index >= 15 is 0 Å². The number of carbonyl (C=O) groups is 2. The van der Waals surface area contributed by atoms with E-state index in [4.69, 9.17) is 11.5 Å². The third kappa shape index (κ3) is 4.68. The molecule has 1 aromatic rings. The summed E-state index contributed by atoms with van der Waals surface area (Å²) in [6, 6.07) is 5.95. The number of hydrogen-bond acceptors (Lipinski definition) is 3. The van der Waals surface area contributed by atoms with Gasteiger partial charge in [0, 0.05) is 11.3 Å². The zero-order chi connectivity index (χ0) is 12.7. The number of urea groups is 1. The fraction of sp³-hybridized carbons (Fsp3) is 0.0909. The highest BCUT2D eigenvalue weighted by Crippen LogP contribution is 2.09. The van der Waals surface area contributed by atoms with Gasteiger partial charge in [-0.15, -0.1) is 6.42 Å². The van der Waals surface area contributed by atoms with Gasteiger partial charge in [0.1, 0.15) is 0 Å². The lowest BCUT2D eigenvalue weighted by Crippen LogP contribution is -2.30. The number of terminal acetylenes is 1. The van der Waals surface area contributed by atoms with Gasteiger partial charge in [-0.3, -0.25) is 4.84 Å². The van der Waals surface area contributed by atoms with Gasteiger partial charge < -0.3 is 10.4 Å².